The fourth-order valence-corrected chi connectivity index (χ4v) is 5.28. The van der Waals surface area contributed by atoms with Crippen LogP contribution in [0.15, 0.2) is 12.4 Å². The number of rotatable bonds is 4. The van der Waals surface area contributed by atoms with Gasteiger partial charge in [0.2, 0.25) is 0 Å². The minimum absolute atomic E-state index is 0.0271. The normalized spacial score (nSPS) is 35.5. The van der Waals surface area contributed by atoms with Crippen LogP contribution in [0.25, 0.3) is 0 Å². The molecule has 6 heteroatoms. The van der Waals surface area contributed by atoms with Crippen LogP contribution < -0.4 is 5.32 Å². The van der Waals surface area contributed by atoms with E-state index in [0.717, 1.165) is 37.0 Å². The Hall–Kier alpha value is -1.85. The van der Waals surface area contributed by atoms with Crippen LogP contribution in [0.3, 0.4) is 0 Å². The Morgan fingerprint density at radius 2 is 1.82 bits per heavy atom. The number of amides is 1. The molecular formula is C16H21N3O3. The summed E-state index contributed by atoms with van der Waals surface area (Å²) in [6.45, 7) is -0.218. The van der Waals surface area contributed by atoms with E-state index in [1.807, 2.05) is 0 Å². The molecule has 4 bridgehead atoms. The molecule has 0 spiro atoms. The third-order valence-corrected chi connectivity index (χ3v) is 5.61. The number of nitrogens with one attached hydrogen (secondary N) is 1. The lowest BCUT2D eigenvalue weighted by molar-refractivity contribution is -0.137. The summed E-state index contributed by atoms with van der Waals surface area (Å²) in [5.41, 5.74) is 0.428. The number of carbonyl (C=O) groups excluding carboxylic acids is 1. The molecule has 1 amide bonds. The molecule has 5 rings (SSSR count). The van der Waals surface area contributed by atoms with Crippen molar-refractivity contribution in [2.45, 2.75) is 50.6 Å². The SMILES string of the molecule is O=C(O)Cn1cc(C(=O)NC23CC4CC(CC(C4)C2)C3)cn1. The Morgan fingerprint density at radius 3 is 2.36 bits per heavy atom. The highest BCUT2D eigenvalue weighted by atomic mass is 16.4. The standard InChI is InChI=1S/C16H21N3O3/c20-14(21)9-19-8-13(7-17-19)15(22)18-16-4-10-1-11(5-16)3-12(2-10)6-16/h7-8,10-12H,1-6,9H2,(H,18,22)(H,20,21). The van der Waals surface area contributed by atoms with E-state index >= 15 is 0 Å². The number of carbonyl (C=O) groups is 2. The van der Waals surface area contributed by atoms with Crippen LogP contribution in [0.4, 0.5) is 0 Å². The van der Waals surface area contributed by atoms with Crippen LogP contribution in [-0.2, 0) is 11.3 Å². The second kappa shape index (κ2) is 4.83. The zero-order valence-electron chi connectivity index (χ0n) is 12.5. The molecule has 4 fully saturated rings. The largest absolute Gasteiger partial charge is 0.480 e. The van der Waals surface area contributed by atoms with Gasteiger partial charge in [-0.05, 0) is 56.3 Å². The van der Waals surface area contributed by atoms with Crippen LogP contribution in [0, 0.1) is 17.8 Å². The molecule has 1 aromatic heterocycles. The minimum atomic E-state index is -0.962. The average Bonchev–Trinajstić information content (AvgIpc) is 2.84. The highest BCUT2D eigenvalue weighted by molar-refractivity contribution is 5.94. The van der Waals surface area contributed by atoms with Gasteiger partial charge in [-0.15, -0.1) is 0 Å². The third kappa shape index (κ3) is 2.40. The van der Waals surface area contributed by atoms with Gasteiger partial charge < -0.3 is 10.4 Å². The molecule has 0 aromatic carbocycles. The first-order chi connectivity index (χ1) is 10.5. The predicted molar refractivity (Wildman–Crippen MR) is 78.2 cm³/mol. The Morgan fingerprint density at radius 1 is 1.23 bits per heavy atom. The van der Waals surface area contributed by atoms with Gasteiger partial charge in [-0.25, -0.2) is 0 Å². The van der Waals surface area contributed by atoms with Crippen molar-refractivity contribution in [3.8, 4) is 0 Å². The highest BCUT2D eigenvalue weighted by Crippen LogP contribution is 2.55. The summed E-state index contributed by atoms with van der Waals surface area (Å²) in [6, 6.07) is 0. The Bertz CT molecular complexity index is 587. The fourth-order valence-electron chi connectivity index (χ4n) is 5.28. The van der Waals surface area contributed by atoms with Gasteiger partial charge in [0.05, 0.1) is 11.8 Å². The van der Waals surface area contributed by atoms with Crippen molar-refractivity contribution < 1.29 is 14.7 Å². The fraction of sp³-hybridized carbons (Fsp3) is 0.688. The summed E-state index contributed by atoms with van der Waals surface area (Å²) in [4.78, 5) is 23.2. The van der Waals surface area contributed by atoms with Crippen molar-refractivity contribution in [3.05, 3.63) is 18.0 Å². The van der Waals surface area contributed by atoms with Crippen molar-refractivity contribution >= 4 is 11.9 Å². The second-order valence-corrected chi connectivity index (χ2v) is 7.47. The number of carboxylic acids is 1. The summed E-state index contributed by atoms with van der Waals surface area (Å²) in [6.07, 6.45) is 10.3. The molecule has 1 heterocycles. The van der Waals surface area contributed by atoms with Gasteiger partial charge in [0, 0.05) is 11.7 Å². The Kier molecular flexibility index (Phi) is 3.03. The highest BCUT2D eigenvalue weighted by Gasteiger charge is 2.51. The van der Waals surface area contributed by atoms with Gasteiger partial charge in [-0.1, -0.05) is 0 Å². The molecule has 6 nitrogen and oxygen atoms in total. The molecule has 118 valence electrons. The Labute approximate surface area is 128 Å². The average molecular weight is 303 g/mol. The zero-order valence-corrected chi connectivity index (χ0v) is 12.5. The molecule has 0 saturated heterocycles. The van der Waals surface area contributed by atoms with Crippen molar-refractivity contribution in [1.82, 2.24) is 15.1 Å². The monoisotopic (exact) mass is 303 g/mol. The lowest BCUT2D eigenvalue weighted by atomic mass is 9.53. The van der Waals surface area contributed by atoms with E-state index in [0.29, 0.717) is 5.56 Å². The number of hydrogen-bond donors (Lipinski definition) is 2. The van der Waals surface area contributed by atoms with Gasteiger partial charge in [0.15, 0.2) is 0 Å². The number of carboxylic acid groups (broad SMARTS) is 1. The first kappa shape index (κ1) is 13.8. The van der Waals surface area contributed by atoms with E-state index in [4.69, 9.17) is 5.11 Å². The van der Waals surface area contributed by atoms with Crippen molar-refractivity contribution in [1.29, 1.82) is 0 Å². The quantitative estimate of drug-likeness (QED) is 0.886. The maximum absolute atomic E-state index is 12.5. The maximum Gasteiger partial charge on any atom is 0.325 e. The Balaban J connectivity index is 1.47. The van der Waals surface area contributed by atoms with Gasteiger partial charge in [-0.2, -0.15) is 5.10 Å². The summed E-state index contributed by atoms with van der Waals surface area (Å²) in [5.74, 6) is 1.26. The first-order valence-corrected chi connectivity index (χ1v) is 8.08. The molecular weight excluding hydrogens is 282 g/mol. The van der Waals surface area contributed by atoms with E-state index in [-0.39, 0.29) is 18.0 Å². The zero-order chi connectivity index (χ0) is 15.3. The lowest BCUT2D eigenvalue weighted by Crippen LogP contribution is -2.59. The number of nitrogens with zero attached hydrogens (tertiary/aromatic N) is 2. The smallest absolute Gasteiger partial charge is 0.325 e. The van der Waals surface area contributed by atoms with Crippen LogP contribution in [-0.4, -0.2) is 32.3 Å². The topological polar surface area (TPSA) is 84.2 Å². The number of aliphatic carboxylic acids is 1. The third-order valence-electron chi connectivity index (χ3n) is 5.61. The van der Waals surface area contributed by atoms with E-state index in [2.05, 4.69) is 10.4 Å². The molecule has 4 saturated carbocycles. The predicted octanol–water partition coefficient (Wildman–Crippen LogP) is 1.67. The van der Waals surface area contributed by atoms with E-state index < -0.39 is 5.97 Å². The minimum Gasteiger partial charge on any atom is -0.480 e. The van der Waals surface area contributed by atoms with Crippen molar-refractivity contribution in [3.63, 3.8) is 0 Å². The van der Waals surface area contributed by atoms with Crippen LogP contribution in [0.5, 0.6) is 0 Å². The van der Waals surface area contributed by atoms with Crippen molar-refractivity contribution in [2.75, 3.05) is 0 Å². The molecule has 0 aliphatic heterocycles. The summed E-state index contributed by atoms with van der Waals surface area (Å²) >= 11 is 0. The molecule has 2 N–H and O–H groups in total. The molecule has 0 radical (unpaired) electrons. The lowest BCUT2D eigenvalue weighted by Gasteiger charge is -2.56. The van der Waals surface area contributed by atoms with Gasteiger partial charge in [0.1, 0.15) is 6.54 Å². The molecule has 0 unspecified atom stereocenters. The van der Waals surface area contributed by atoms with E-state index in [1.165, 1.54) is 36.3 Å². The van der Waals surface area contributed by atoms with Gasteiger partial charge in [-0.3, -0.25) is 14.3 Å². The summed E-state index contributed by atoms with van der Waals surface area (Å²) in [7, 11) is 0. The van der Waals surface area contributed by atoms with Crippen LogP contribution in [0.1, 0.15) is 48.9 Å². The number of aromatic nitrogens is 2. The van der Waals surface area contributed by atoms with Crippen LogP contribution in [0.2, 0.25) is 0 Å². The molecule has 0 atom stereocenters. The summed E-state index contributed by atoms with van der Waals surface area (Å²) < 4.78 is 1.29. The summed E-state index contributed by atoms with van der Waals surface area (Å²) in [5, 5.41) is 16.0. The molecule has 4 aliphatic rings. The van der Waals surface area contributed by atoms with Gasteiger partial charge >= 0.3 is 5.97 Å². The number of hydrogen-bond acceptors (Lipinski definition) is 3. The maximum atomic E-state index is 12.5. The van der Waals surface area contributed by atoms with Crippen molar-refractivity contribution in [2.24, 2.45) is 17.8 Å². The molecule has 22 heavy (non-hydrogen) atoms. The molecule has 1 aromatic rings. The van der Waals surface area contributed by atoms with Gasteiger partial charge in [0.25, 0.3) is 5.91 Å². The second-order valence-electron chi connectivity index (χ2n) is 7.47. The van der Waals surface area contributed by atoms with Crippen LogP contribution >= 0.6 is 0 Å². The van der Waals surface area contributed by atoms with E-state index in [9.17, 15) is 9.59 Å². The first-order valence-electron chi connectivity index (χ1n) is 8.08. The molecule has 4 aliphatic carbocycles. The van der Waals surface area contributed by atoms with E-state index in [1.54, 1.807) is 0 Å².